The number of hydrogen-bond acceptors (Lipinski definition) is 3. The number of rotatable bonds is 4. The van der Waals surface area contributed by atoms with E-state index in [1.54, 1.807) is 18.5 Å². The number of thiocarbonyl (C=S) groups is 1. The summed E-state index contributed by atoms with van der Waals surface area (Å²) in [7, 11) is 0. The van der Waals surface area contributed by atoms with Gasteiger partial charge in [-0.25, -0.2) is 0 Å². The number of hydrogen-bond donors (Lipinski definition) is 2. The molecule has 1 rings (SSSR count). The Morgan fingerprint density at radius 2 is 2.47 bits per heavy atom. The van der Waals surface area contributed by atoms with Crippen LogP contribution in [-0.4, -0.2) is 22.9 Å². The van der Waals surface area contributed by atoms with E-state index in [2.05, 4.69) is 27.4 Å². The van der Waals surface area contributed by atoms with Gasteiger partial charge < -0.3 is 5.32 Å². The maximum Gasteiger partial charge on any atom is 0.187 e. The van der Waals surface area contributed by atoms with Crippen LogP contribution < -0.4 is 10.7 Å². The van der Waals surface area contributed by atoms with Gasteiger partial charge in [0, 0.05) is 12.7 Å². The lowest BCUT2D eigenvalue weighted by Gasteiger charge is -2.02. The van der Waals surface area contributed by atoms with E-state index in [4.69, 9.17) is 12.2 Å². The van der Waals surface area contributed by atoms with Crippen molar-refractivity contribution in [3.63, 3.8) is 0 Å². The molecule has 1 aromatic heterocycles. The van der Waals surface area contributed by atoms with Gasteiger partial charge >= 0.3 is 0 Å². The molecule has 0 saturated carbocycles. The van der Waals surface area contributed by atoms with Crippen molar-refractivity contribution in [3.8, 4) is 0 Å². The SMILES string of the molecule is C=CCNC(=S)N/N=C/c1ccccn1. The minimum absolute atomic E-state index is 0.460. The molecular weight excluding hydrogens is 208 g/mol. The molecule has 5 heteroatoms. The molecule has 0 aliphatic rings. The van der Waals surface area contributed by atoms with Gasteiger partial charge in [0.05, 0.1) is 11.9 Å². The van der Waals surface area contributed by atoms with Crippen molar-refractivity contribution in [2.24, 2.45) is 5.10 Å². The molecule has 15 heavy (non-hydrogen) atoms. The monoisotopic (exact) mass is 220 g/mol. The summed E-state index contributed by atoms with van der Waals surface area (Å²) in [4.78, 5) is 4.07. The second-order valence-electron chi connectivity index (χ2n) is 2.62. The number of hydrazone groups is 1. The van der Waals surface area contributed by atoms with E-state index in [9.17, 15) is 0 Å². The van der Waals surface area contributed by atoms with Crippen LogP contribution >= 0.6 is 12.2 Å². The summed E-state index contributed by atoms with van der Waals surface area (Å²) in [5, 5.41) is 7.27. The molecule has 2 N–H and O–H groups in total. The standard InChI is InChI=1S/C10H12N4S/c1-2-6-12-10(15)14-13-8-9-5-3-4-7-11-9/h2-5,7-8H,1,6H2,(H2,12,14,15)/b13-8+. The molecule has 0 radical (unpaired) electrons. The first kappa shape index (κ1) is 11.3. The smallest absolute Gasteiger partial charge is 0.187 e. The number of nitrogens with zero attached hydrogens (tertiary/aromatic N) is 2. The fraction of sp³-hybridized carbons (Fsp3) is 0.100. The molecule has 0 aliphatic heterocycles. The van der Waals surface area contributed by atoms with Gasteiger partial charge in [-0.3, -0.25) is 10.4 Å². The van der Waals surface area contributed by atoms with E-state index in [0.29, 0.717) is 11.7 Å². The highest BCUT2D eigenvalue weighted by atomic mass is 32.1. The Morgan fingerprint density at radius 1 is 1.60 bits per heavy atom. The summed E-state index contributed by atoms with van der Waals surface area (Å²) >= 11 is 4.93. The highest BCUT2D eigenvalue weighted by molar-refractivity contribution is 7.80. The number of pyridine rings is 1. The van der Waals surface area contributed by atoms with E-state index in [1.807, 2.05) is 18.2 Å². The first-order chi connectivity index (χ1) is 7.33. The van der Waals surface area contributed by atoms with Crippen LogP contribution in [0.1, 0.15) is 5.69 Å². The predicted molar refractivity (Wildman–Crippen MR) is 65.8 cm³/mol. The first-order valence-electron chi connectivity index (χ1n) is 4.42. The third-order valence-corrected chi connectivity index (χ3v) is 1.69. The van der Waals surface area contributed by atoms with Gasteiger partial charge in [-0.15, -0.1) is 6.58 Å². The molecule has 0 atom stereocenters. The molecule has 1 heterocycles. The number of aromatic nitrogens is 1. The Labute approximate surface area is 94.1 Å². The average molecular weight is 220 g/mol. The van der Waals surface area contributed by atoms with Crippen LogP contribution in [0.3, 0.4) is 0 Å². The van der Waals surface area contributed by atoms with Crippen molar-refractivity contribution < 1.29 is 0 Å². The third-order valence-electron chi connectivity index (χ3n) is 1.46. The summed E-state index contributed by atoms with van der Waals surface area (Å²) in [6, 6.07) is 5.59. The van der Waals surface area contributed by atoms with Crippen LogP contribution in [-0.2, 0) is 0 Å². The second-order valence-corrected chi connectivity index (χ2v) is 3.03. The van der Waals surface area contributed by atoms with Gasteiger partial charge in [-0.2, -0.15) is 5.10 Å². The summed E-state index contributed by atoms with van der Waals surface area (Å²) in [5.41, 5.74) is 3.44. The Balaban J connectivity index is 2.33. The van der Waals surface area contributed by atoms with Crippen molar-refractivity contribution in [1.82, 2.24) is 15.7 Å². The Bertz CT molecular complexity index is 348. The molecule has 0 saturated heterocycles. The van der Waals surface area contributed by atoms with E-state index in [1.165, 1.54) is 0 Å². The quantitative estimate of drug-likeness (QED) is 0.345. The Morgan fingerprint density at radius 3 is 3.13 bits per heavy atom. The van der Waals surface area contributed by atoms with Crippen molar-refractivity contribution >= 4 is 23.5 Å². The van der Waals surface area contributed by atoms with Gasteiger partial charge in [-0.1, -0.05) is 12.1 Å². The largest absolute Gasteiger partial charge is 0.358 e. The zero-order valence-corrected chi connectivity index (χ0v) is 9.00. The summed E-state index contributed by atoms with van der Waals surface area (Å²) in [6.45, 7) is 4.18. The molecular formula is C10H12N4S. The molecule has 0 unspecified atom stereocenters. The Kier molecular flexibility index (Phi) is 5.03. The highest BCUT2D eigenvalue weighted by Gasteiger charge is 1.89. The fourth-order valence-electron chi connectivity index (χ4n) is 0.814. The third kappa shape index (κ3) is 4.87. The van der Waals surface area contributed by atoms with Gasteiger partial charge in [-0.05, 0) is 24.4 Å². The minimum Gasteiger partial charge on any atom is -0.358 e. The van der Waals surface area contributed by atoms with Gasteiger partial charge in [0.2, 0.25) is 0 Å². The van der Waals surface area contributed by atoms with E-state index < -0.39 is 0 Å². The zero-order chi connectivity index (χ0) is 10.9. The van der Waals surface area contributed by atoms with Crippen LogP contribution in [0.2, 0.25) is 0 Å². The zero-order valence-electron chi connectivity index (χ0n) is 8.18. The average Bonchev–Trinajstić information content (AvgIpc) is 2.28. The van der Waals surface area contributed by atoms with Gasteiger partial charge in [0.1, 0.15) is 0 Å². The molecule has 0 spiro atoms. The van der Waals surface area contributed by atoms with Crippen LogP contribution in [0.5, 0.6) is 0 Å². The maximum atomic E-state index is 4.93. The lowest BCUT2D eigenvalue weighted by atomic mass is 10.4. The van der Waals surface area contributed by atoms with Crippen molar-refractivity contribution in [1.29, 1.82) is 0 Å². The maximum absolute atomic E-state index is 4.93. The molecule has 0 fully saturated rings. The Hall–Kier alpha value is -1.75. The number of nitrogens with one attached hydrogen (secondary N) is 2. The molecule has 0 amide bonds. The van der Waals surface area contributed by atoms with Crippen molar-refractivity contribution in [2.45, 2.75) is 0 Å². The van der Waals surface area contributed by atoms with Gasteiger partial charge in [0.25, 0.3) is 0 Å². The summed E-state index contributed by atoms with van der Waals surface area (Å²) in [5.74, 6) is 0. The summed E-state index contributed by atoms with van der Waals surface area (Å²) in [6.07, 6.45) is 5.02. The second kappa shape index (κ2) is 6.67. The highest BCUT2D eigenvalue weighted by Crippen LogP contribution is 1.87. The topological polar surface area (TPSA) is 49.3 Å². The minimum atomic E-state index is 0.460. The lowest BCUT2D eigenvalue weighted by molar-refractivity contribution is 0.941. The first-order valence-corrected chi connectivity index (χ1v) is 4.82. The van der Waals surface area contributed by atoms with Crippen LogP contribution in [0, 0.1) is 0 Å². The molecule has 0 bridgehead atoms. The van der Waals surface area contributed by atoms with Crippen molar-refractivity contribution in [2.75, 3.05) is 6.54 Å². The molecule has 1 aromatic rings. The van der Waals surface area contributed by atoms with E-state index in [0.717, 1.165) is 5.69 Å². The molecule has 0 aromatic carbocycles. The fourth-order valence-corrected chi connectivity index (χ4v) is 0.950. The molecule has 78 valence electrons. The van der Waals surface area contributed by atoms with E-state index >= 15 is 0 Å². The molecule has 4 nitrogen and oxygen atoms in total. The summed E-state index contributed by atoms with van der Waals surface area (Å²) < 4.78 is 0. The predicted octanol–water partition coefficient (Wildman–Crippen LogP) is 1.07. The normalized spacial score (nSPS) is 9.87. The van der Waals surface area contributed by atoms with E-state index in [-0.39, 0.29) is 0 Å². The molecule has 0 aliphatic carbocycles. The van der Waals surface area contributed by atoms with Crippen LogP contribution in [0.25, 0.3) is 0 Å². The van der Waals surface area contributed by atoms with Crippen LogP contribution in [0.15, 0.2) is 42.2 Å². The van der Waals surface area contributed by atoms with Crippen molar-refractivity contribution in [3.05, 3.63) is 42.7 Å². The lowest BCUT2D eigenvalue weighted by Crippen LogP contribution is -2.31. The van der Waals surface area contributed by atoms with Crippen LogP contribution in [0.4, 0.5) is 0 Å². The van der Waals surface area contributed by atoms with Gasteiger partial charge in [0.15, 0.2) is 5.11 Å².